The zero-order chi connectivity index (χ0) is 18.4. The number of benzene rings is 1. The van der Waals surface area contributed by atoms with Gasteiger partial charge in [0.05, 0.1) is 0 Å². The Morgan fingerprint density at radius 1 is 1.36 bits per heavy atom. The number of halogens is 1. The van der Waals surface area contributed by atoms with Crippen molar-refractivity contribution in [2.75, 3.05) is 6.61 Å². The van der Waals surface area contributed by atoms with Gasteiger partial charge in [-0.05, 0) is 53.5 Å². The van der Waals surface area contributed by atoms with Crippen LogP contribution in [0.15, 0.2) is 24.3 Å². The molecule has 0 aliphatic carbocycles. The first-order valence-electron chi connectivity index (χ1n) is 8.06. The number of carbonyl (C=O) groups excluding carboxylic acids is 1. The molecule has 1 heterocycles. The molecule has 1 amide bonds. The van der Waals surface area contributed by atoms with E-state index in [-0.39, 0.29) is 36.0 Å². The minimum absolute atomic E-state index is 0.0238. The summed E-state index contributed by atoms with van der Waals surface area (Å²) < 4.78 is 14.4. The molecule has 0 fully saturated rings. The lowest BCUT2D eigenvalue weighted by Crippen LogP contribution is -2.40. The maximum absolute atomic E-state index is 13.1. The second-order valence-corrected chi connectivity index (χ2v) is 6.06. The normalized spacial score (nSPS) is 13.1. The fourth-order valence-corrected chi connectivity index (χ4v) is 2.35. The van der Waals surface area contributed by atoms with Crippen LogP contribution in [0.4, 0.5) is 4.39 Å². The lowest BCUT2D eigenvalue weighted by molar-refractivity contribution is -0.117. The first kappa shape index (κ1) is 18.7. The van der Waals surface area contributed by atoms with Crippen molar-refractivity contribution in [1.29, 1.82) is 0 Å². The van der Waals surface area contributed by atoms with E-state index in [0.717, 1.165) is 0 Å². The SMILES string of the molecule is Cc1nnnn1/C(=C\c1ccc(F)cc1)C(=O)NC(CCO)C(C)C. The van der Waals surface area contributed by atoms with E-state index in [2.05, 4.69) is 20.8 Å². The fourth-order valence-electron chi connectivity index (χ4n) is 2.35. The third-order valence-corrected chi connectivity index (χ3v) is 3.82. The lowest BCUT2D eigenvalue weighted by atomic mass is 10.0. The summed E-state index contributed by atoms with van der Waals surface area (Å²) in [4.78, 5) is 12.8. The molecule has 0 saturated carbocycles. The molecule has 0 radical (unpaired) electrons. The van der Waals surface area contributed by atoms with E-state index in [1.54, 1.807) is 25.1 Å². The number of amides is 1. The zero-order valence-corrected chi connectivity index (χ0v) is 14.5. The summed E-state index contributed by atoms with van der Waals surface area (Å²) in [5.74, 6) is -0.124. The predicted molar refractivity (Wildman–Crippen MR) is 91.6 cm³/mol. The Morgan fingerprint density at radius 2 is 2.04 bits per heavy atom. The van der Waals surface area contributed by atoms with Crippen LogP contribution in [0.5, 0.6) is 0 Å². The number of rotatable bonds is 7. The number of aliphatic hydroxyl groups excluding tert-OH is 1. The quantitative estimate of drug-likeness (QED) is 0.743. The highest BCUT2D eigenvalue weighted by Crippen LogP contribution is 2.15. The summed E-state index contributed by atoms with van der Waals surface area (Å²) in [7, 11) is 0. The maximum Gasteiger partial charge on any atom is 0.270 e. The molecule has 1 aromatic heterocycles. The molecule has 7 nitrogen and oxygen atoms in total. The fraction of sp³-hybridized carbons (Fsp3) is 0.412. The van der Waals surface area contributed by atoms with Gasteiger partial charge in [0.1, 0.15) is 11.5 Å². The number of aromatic nitrogens is 4. The van der Waals surface area contributed by atoms with Crippen molar-refractivity contribution in [1.82, 2.24) is 25.5 Å². The van der Waals surface area contributed by atoms with E-state index >= 15 is 0 Å². The van der Waals surface area contributed by atoms with Gasteiger partial charge in [-0.2, -0.15) is 4.68 Å². The van der Waals surface area contributed by atoms with E-state index in [1.807, 2.05) is 13.8 Å². The van der Waals surface area contributed by atoms with Crippen molar-refractivity contribution < 1.29 is 14.3 Å². The van der Waals surface area contributed by atoms with Gasteiger partial charge in [-0.1, -0.05) is 26.0 Å². The minimum Gasteiger partial charge on any atom is -0.396 e. The van der Waals surface area contributed by atoms with E-state index in [0.29, 0.717) is 17.8 Å². The van der Waals surface area contributed by atoms with Gasteiger partial charge in [0.25, 0.3) is 5.91 Å². The van der Waals surface area contributed by atoms with Crippen LogP contribution in [0.25, 0.3) is 11.8 Å². The van der Waals surface area contributed by atoms with Crippen LogP contribution in [0.2, 0.25) is 0 Å². The number of tetrazole rings is 1. The Bertz CT molecular complexity index is 740. The molecule has 2 aromatic rings. The number of carbonyl (C=O) groups is 1. The topological polar surface area (TPSA) is 92.9 Å². The zero-order valence-electron chi connectivity index (χ0n) is 14.5. The van der Waals surface area contributed by atoms with Crippen LogP contribution in [0.3, 0.4) is 0 Å². The van der Waals surface area contributed by atoms with Crippen LogP contribution in [-0.2, 0) is 4.79 Å². The highest BCUT2D eigenvalue weighted by molar-refractivity contribution is 6.18. The molecule has 8 heteroatoms. The molecule has 0 aliphatic heterocycles. The third kappa shape index (κ3) is 4.93. The van der Waals surface area contributed by atoms with Gasteiger partial charge < -0.3 is 10.4 Å². The van der Waals surface area contributed by atoms with Crippen LogP contribution < -0.4 is 5.32 Å². The van der Waals surface area contributed by atoms with Gasteiger partial charge in [0.15, 0.2) is 5.82 Å². The van der Waals surface area contributed by atoms with Gasteiger partial charge in [-0.15, -0.1) is 5.10 Å². The van der Waals surface area contributed by atoms with E-state index in [1.165, 1.54) is 16.8 Å². The molecule has 0 spiro atoms. The molecular weight excluding hydrogens is 325 g/mol. The number of aryl methyl sites for hydroxylation is 1. The number of hydrogen-bond acceptors (Lipinski definition) is 5. The molecule has 25 heavy (non-hydrogen) atoms. The minimum atomic E-state index is -0.369. The van der Waals surface area contributed by atoms with Gasteiger partial charge in [-0.25, -0.2) is 4.39 Å². The number of nitrogens with one attached hydrogen (secondary N) is 1. The van der Waals surface area contributed by atoms with Crippen molar-refractivity contribution in [3.8, 4) is 0 Å². The van der Waals surface area contributed by atoms with E-state index < -0.39 is 0 Å². The average molecular weight is 347 g/mol. The highest BCUT2D eigenvalue weighted by Gasteiger charge is 2.21. The lowest BCUT2D eigenvalue weighted by Gasteiger charge is -2.22. The molecular formula is C17H22FN5O2. The maximum atomic E-state index is 13.1. The van der Waals surface area contributed by atoms with E-state index in [9.17, 15) is 14.3 Å². The van der Waals surface area contributed by atoms with E-state index in [4.69, 9.17) is 0 Å². The first-order chi connectivity index (χ1) is 11.9. The van der Waals surface area contributed by atoms with Gasteiger partial charge in [-0.3, -0.25) is 4.79 Å². The summed E-state index contributed by atoms with van der Waals surface area (Å²) in [5.41, 5.74) is 0.863. The monoisotopic (exact) mass is 347 g/mol. The third-order valence-electron chi connectivity index (χ3n) is 3.82. The first-order valence-corrected chi connectivity index (χ1v) is 8.06. The van der Waals surface area contributed by atoms with Gasteiger partial charge in [0.2, 0.25) is 0 Å². The largest absolute Gasteiger partial charge is 0.396 e. The Morgan fingerprint density at radius 3 is 2.56 bits per heavy atom. The molecule has 2 N–H and O–H groups in total. The Balaban J connectivity index is 2.36. The van der Waals surface area contributed by atoms with Crippen molar-refractivity contribution in [2.45, 2.75) is 33.2 Å². The average Bonchev–Trinajstić information content (AvgIpc) is 2.99. The number of hydrogen-bond donors (Lipinski definition) is 2. The smallest absolute Gasteiger partial charge is 0.270 e. The van der Waals surface area contributed by atoms with Crippen molar-refractivity contribution >= 4 is 17.7 Å². The van der Waals surface area contributed by atoms with Crippen molar-refractivity contribution in [3.05, 3.63) is 41.5 Å². The Labute approximate surface area is 145 Å². The van der Waals surface area contributed by atoms with Crippen LogP contribution in [0.1, 0.15) is 31.7 Å². The second-order valence-electron chi connectivity index (χ2n) is 6.06. The molecule has 1 unspecified atom stereocenters. The molecule has 1 aromatic carbocycles. The molecule has 134 valence electrons. The Hall–Kier alpha value is -2.61. The summed E-state index contributed by atoms with van der Waals surface area (Å²) in [6, 6.07) is 5.57. The summed E-state index contributed by atoms with van der Waals surface area (Å²) >= 11 is 0. The second kappa shape index (κ2) is 8.48. The standard InChI is InChI=1S/C17H22FN5O2/c1-11(2)15(8-9-24)19-17(25)16(23-12(3)20-21-22-23)10-13-4-6-14(18)7-5-13/h4-7,10-11,15,24H,8-9H2,1-3H3,(H,19,25)/b16-10-. The summed E-state index contributed by atoms with van der Waals surface area (Å²) in [6.07, 6.45) is 2.04. The van der Waals surface area contributed by atoms with Crippen LogP contribution in [0, 0.1) is 18.7 Å². The van der Waals surface area contributed by atoms with Gasteiger partial charge >= 0.3 is 0 Å². The number of aliphatic hydroxyl groups is 1. The van der Waals surface area contributed by atoms with Crippen molar-refractivity contribution in [3.63, 3.8) is 0 Å². The number of nitrogens with zero attached hydrogens (tertiary/aromatic N) is 4. The molecule has 2 rings (SSSR count). The molecule has 1 atom stereocenters. The molecule has 0 aliphatic rings. The predicted octanol–water partition coefficient (Wildman–Crippen LogP) is 1.64. The highest BCUT2D eigenvalue weighted by atomic mass is 19.1. The van der Waals surface area contributed by atoms with Crippen LogP contribution in [-0.4, -0.2) is 43.9 Å². The molecule has 0 bridgehead atoms. The van der Waals surface area contributed by atoms with Crippen LogP contribution >= 0.6 is 0 Å². The summed E-state index contributed by atoms with van der Waals surface area (Å²) in [6.45, 7) is 5.59. The summed E-state index contributed by atoms with van der Waals surface area (Å²) in [5, 5.41) is 23.3. The Kier molecular flexibility index (Phi) is 6.35. The molecule has 0 saturated heterocycles. The van der Waals surface area contributed by atoms with Gasteiger partial charge in [0, 0.05) is 12.6 Å². The van der Waals surface area contributed by atoms with Crippen molar-refractivity contribution in [2.24, 2.45) is 5.92 Å².